The Morgan fingerprint density at radius 3 is 2.54 bits per heavy atom. The third kappa shape index (κ3) is 5.64. The summed E-state index contributed by atoms with van der Waals surface area (Å²) in [5.74, 6) is 5.81. The van der Waals surface area contributed by atoms with E-state index >= 15 is 0 Å². The van der Waals surface area contributed by atoms with Crippen molar-refractivity contribution < 1.29 is 22.8 Å². The van der Waals surface area contributed by atoms with E-state index in [-0.39, 0.29) is 30.2 Å². The number of fused-ring (bicyclic) bond motifs is 1. The first-order valence-corrected chi connectivity index (χ1v) is 10.7. The number of carbonyl (C=O) groups is 2. The Labute approximate surface area is 199 Å². The molecule has 0 aliphatic carbocycles. The van der Waals surface area contributed by atoms with E-state index in [0.29, 0.717) is 16.6 Å². The van der Waals surface area contributed by atoms with Crippen molar-refractivity contribution in [1.29, 1.82) is 0 Å². The molecule has 2 aromatic carbocycles. The molecule has 2 heterocycles. The molecule has 2 aromatic heterocycles. The normalized spacial score (nSPS) is 11.2. The minimum Gasteiger partial charge on any atom is -0.323 e. The Balaban J connectivity index is 1.56. The summed E-state index contributed by atoms with van der Waals surface area (Å²) in [6, 6.07) is 12.3. The van der Waals surface area contributed by atoms with Crippen molar-refractivity contribution in [2.24, 2.45) is 0 Å². The predicted octanol–water partition coefficient (Wildman–Crippen LogP) is 5.17. The maximum atomic E-state index is 12.9. The Morgan fingerprint density at radius 2 is 1.80 bits per heavy atom. The number of hydrogen-bond donors (Lipinski definition) is 0. The van der Waals surface area contributed by atoms with E-state index in [4.69, 9.17) is 0 Å². The van der Waals surface area contributed by atoms with Crippen molar-refractivity contribution in [3.8, 4) is 11.8 Å². The van der Waals surface area contributed by atoms with Crippen LogP contribution in [-0.4, -0.2) is 26.1 Å². The van der Waals surface area contributed by atoms with E-state index in [1.807, 2.05) is 25.1 Å². The van der Waals surface area contributed by atoms with Gasteiger partial charge in [-0.25, -0.2) is 4.98 Å². The number of rotatable bonds is 5. The maximum Gasteiger partial charge on any atom is 0.416 e. The first-order valence-electron chi connectivity index (χ1n) is 10.7. The van der Waals surface area contributed by atoms with Gasteiger partial charge in [-0.05, 0) is 55.8 Å². The van der Waals surface area contributed by atoms with Crippen molar-refractivity contribution in [3.05, 3.63) is 94.6 Å². The van der Waals surface area contributed by atoms with Gasteiger partial charge in [-0.15, -0.1) is 0 Å². The molecular formula is C27H20F3N3O2. The number of ketones is 2. The molecule has 0 aliphatic rings. The topological polar surface area (TPSA) is 64.8 Å². The molecule has 0 bridgehead atoms. The summed E-state index contributed by atoms with van der Waals surface area (Å²) < 4.78 is 40.6. The number of imidazole rings is 1. The number of aromatic nitrogens is 3. The van der Waals surface area contributed by atoms with Crippen molar-refractivity contribution in [3.63, 3.8) is 0 Å². The summed E-state index contributed by atoms with van der Waals surface area (Å²) in [7, 11) is 0. The third-order valence-corrected chi connectivity index (χ3v) is 5.40. The predicted molar refractivity (Wildman–Crippen MR) is 125 cm³/mol. The van der Waals surface area contributed by atoms with Gasteiger partial charge in [-0.2, -0.15) is 13.2 Å². The number of hydrogen-bond acceptors (Lipinski definition) is 4. The lowest BCUT2D eigenvalue weighted by atomic mass is 9.99. The minimum atomic E-state index is -4.50. The van der Waals surface area contributed by atoms with Gasteiger partial charge in [0.2, 0.25) is 0 Å². The Hall–Kier alpha value is -4.25. The zero-order chi connectivity index (χ0) is 25.2. The number of benzene rings is 2. The number of nitrogens with zero attached hydrogens (tertiary/aromatic N) is 3. The van der Waals surface area contributed by atoms with Crippen LogP contribution in [0.4, 0.5) is 13.2 Å². The van der Waals surface area contributed by atoms with Gasteiger partial charge in [0, 0.05) is 28.6 Å². The van der Waals surface area contributed by atoms with E-state index in [9.17, 15) is 22.8 Å². The SMILES string of the molecule is CC(=O)Cn1cnc2cc(C#Cc3cc(C(=O)Cc4cc(C(F)(F)F)ccn4)ccc3C)ccc21. The molecule has 0 amide bonds. The average molecular weight is 475 g/mol. The number of aryl methyl sites for hydroxylation is 1. The van der Waals surface area contributed by atoms with Crippen LogP contribution < -0.4 is 0 Å². The number of halogens is 3. The van der Waals surface area contributed by atoms with Gasteiger partial charge in [0.15, 0.2) is 5.78 Å². The molecule has 0 unspecified atom stereocenters. The molecule has 176 valence electrons. The summed E-state index contributed by atoms with van der Waals surface area (Å²) in [6.45, 7) is 3.62. The van der Waals surface area contributed by atoms with Crippen LogP contribution in [0.5, 0.6) is 0 Å². The second-order valence-electron chi connectivity index (χ2n) is 8.19. The molecule has 0 saturated heterocycles. The highest BCUT2D eigenvalue weighted by atomic mass is 19.4. The van der Waals surface area contributed by atoms with Crippen LogP contribution in [0, 0.1) is 18.8 Å². The van der Waals surface area contributed by atoms with E-state index in [1.165, 1.54) is 6.92 Å². The van der Waals surface area contributed by atoms with Crippen LogP contribution in [-0.2, 0) is 23.9 Å². The number of carbonyl (C=O) groups excluding carboxylic acids is 2. The molecule has 5 nitrogen and oxygen atoms in total. The van der Waals surface area contributed by atoms with Crippen molar-refractivity contribution in [2.45, 2.75) is 33.0 Å². The van der Waals surface area contributed by atoms with Gasteiger partial charge in [0.1, 0.15) is 5.78 Å². The Bertz CT molecular complexity index is 1510. The van der Waals surface area contributed by atoms with Crippen LogP contribution in [0.2, 0.25) is 0 Å². The summed E-state index contributed by atoms with van der Waals surface area (Å²) in [5.41, 5.74) is 3.31. The molecule has 0 saturated carbocycles. The van der Waals surface area contributed by atoms with Crippen molar-refractivity contribution in [2.75, 3.05) is 0 Å². The summed E-state index contributed by atoms with van der Waals surface area (Å²) in [5, 5.41) is 0. The van der Waals surface area contributed by atoms with E-state index in [0.717, 1.165) is 35.0 Å². The fraction of sp³-hybridized carbons (Fsp3) is 0.185. The average Bonchev–Trinajstić information content (AvgIpc) is 3.19. The monoisotopic (exact) mass is 475 g/mol. The summed E-state index contributed by atoms with van der Waals surface area (Å²) in [4.78, 5) is 32.4. The fourth-order valence-corrected chi connectivity index (χ4v) is 3.59. The lowest BCUT2D eigenvalue weighted by Crippen LogP contribution is -2.09. The van der Waals surface area contributed by atoms with Crippen LogP contribution in [0.1, 0.15) is 45.2 Å². The first kappa shape index (κ1) is 23.9. The second-order valence-corrected chi connectivity index (χ2v) is 8.19. The lowest BCUT2D eigenvalue weighted by Gasteiger charge is -2.08. The molecule has 0 N–H and O–H groups in total. The molecule has 0 radical (unpaired) electrons. The zero-order valence-electron chi connectivity index (χ0n) is 19.0. The molecule has 0 aliphatic heterocycles. The van der Waals surface area contributed by atoms with Gasteiger partial charge < -0.3 is 4.57 Å². The highest BCUT2D eigenvalue weighted by molar-refractivity contribution is 5.97. The van der Waals surface area contributed by atoms with Gasteiger partial charge in [-0.3, -0.25) is 14.6 Å². The first-order chi connectivity index (χ1) is 16.6. The van der Waals surface area contributed by atoms with Crippen LogP contribution in [0.25, 0.3) is 11.0 Å². The Kier molecular flexibility index (Phi) is 6.52. The molecule has 35 heavy (non-hydrogen) atoms. The number of pyridine rings is 1. The largest absolute Gasteiger partial charge is 0.416 e. The molecule has 0 fully saturated rings. The molecular weight excluding hydrogens is 455 g/mol. The van der Waals surface area contributed by atoms with Gasteiger partial charge in [0.25, 0.3) is 0 Å². The van der Waals surface area contributed by atoms with Gasteiger partial charge in [0.05, 0.1) is 35.9 Å². The lowest BCUT2D eigenvalue weighted by molar-refractivity contribution is -0.137. The number of alkyl halides is 3. The highest BCUT2D eigenvalue weighted by Crippen LogP contribution is 2.29. The third-order valence-electron chi connectivity index (χ3n) is 5.40. The standard InChI is InChI=1S/C27H20F3N3O2/c1-17-3-6-21(26(35)14-23-13-22(9-10-31-23)27(28,29)30)12-20(17)7-4-19-5-8-25-24(11-19)32-16-33(25)15-18(2)34/h3,5-6,8-13,16H,14-15H2,1-2H3. The fourth-order valence-electron chi connectivity index (χ4n) is 3.59. The van der Waals surface area contributed by atoms with Crippen LogP contribution >= 0.6 is 0 Å². The maximum absolute atomic E-state index is 12.9. The smallest absolute Gasteiger partial charge is 0.323 e. The zero-order valence-corrected chi connectivity index (χ0v) is 19.0. The Morgan fingerprint density at radius 1 is 1.00 bits per heavy atom. The number of Topliss-reactive ketones (excluding diaryl/α,β-unsaturated/α-hetero) is 2. The van der Waals surface area contributed by atoms with E-state index in [1.54, 1.807) is 29.1 Å². The molecule has 4 aromatic rings. The highest BCUT2D eigenvalue weighted by Gasteiger charge is 2.30. The molecule has 8 heteroatoms. The van der Waals surface area contributed by atoms with Crippen molar-refractivity contribution in [1.82, 2.24) is 14.5 Å². The minimum absolute atomic E-state index is 0.0295. The van der Waals surface area contributed by atoms with Crippen LogP contribution in [0.3, 0.4) is 0 Å². The second kappa shape index (κ2) is 9.55. The van der Waals surface area contributed by atoms with E-state index in [2.05, 4.69) is 21.8 Å². The molecule has 0 spiro atoms. The van der Waals surface area contributed by atoms with E-state index < -0.39 is 11.7 Å². The van der Waals surface area contributed by atoms with Gasteiger partial charge in [-0.1, -0.05) is 24.0 Å². The summed E-state index contributed by atoms with van der Waals surface area (Å²) >= 11 is 0. The quantitative estimate of drug-likeness (QED) is 0.295. The van der Waals surface area contributed by atoms with Gasteiger partial charge >= 0.3 is 6.18 Å². The van der Waals surface area contributed by atoms with Crippen LogP contribution in [0.15, 0.2) is 61.1 Å². The molecule has 4 rings (SSSR count). The summed E-state index contributed by atoms with van der Waals surface area (Å²) in [6.07, 6.45) is -2.08. The van der Waals surface area contributed by atoms with Crippen molar-refractivity contribution >= 4 is 22.6 Å². The molecule has 0 atom stereocenters.